The lowest BCUT2D eigenvalue weighted by atomic mass is 10.1. The van der Waals surface area contributed by atoms with Crippen molar-refractivity contribution in [3.05, 3.63) is 68.2 Å². The molecule has 1 aliphatic rings. The molecule has 0 saturated heterocycles. The number of amides is 1. The van der Waals surface area contributed by atoms with Gasteiger partial charge in [-0.3, -0.25) is 19.7 Å². The lowest BCUT2D eigenvalue weighted by Gasteiger charge is -2.16. The number of non-ortho nitro benzene ring substituents is 1. The van der Waals surface area contributed by atoms with Gasteiger partial charge < -0.3 is 4.90 Å². The highest BCUT2D eigenvalue weighted by atomic mass is 79.9. The highest BCUT2D eigenvalue weighted by molar-refractivity contribution is 9.10. The Morgan fingerprint density at radius 1 is 1.14 bits per heavy atom. The zero-order valence-electron chi connectivity index (χ0n) is 11.2. The molecular weight excluding hydrogens is 352 g/mol. The summed E-state index contributed by atoms with van der Waals surface area (Å²) in [7, 11) is 0. The molecule has 22 heavy (non-hydrogen) atoms. The van der Waals surface area contributed by atoms with Gasteiger partial charge in [0, 0.05) is 16.6 Å². The number of nitro benzene ring substituents is 1. The summed E-state index contributed by atoms with van der Waals surface area (Å²) in [5.74, 6) is -1.19. The van der Waals surface area contributed by atoms with Gasteiger partial charge in [-0.15, -0.1) is 0 Å². The largest absolute Gasteiger partial charge is 0.300 e. The van der Waals surface area contributed by atoms with Gasteiger partial charge in [0.05, 0.1) is 22.7 Å². The number of halogens is 1. The van der Waals surface area contributed by atoms with Crippen molar-refractivity contribution in [3.63, 3.8) is 0 Å². The second-order valence-corrected chi connectivity index (χ2v) is 5.72. The highest BCUT2D eigenvalue weighted by Gasteiger charge is 2.35. The van der Waals surface area contributed by atoms with E-state index in [-0.39, 0.29) is 12.2 Å². The fraction of sp³-hybridized carbons (Fsp3) is 0.0667. The van der Waals surface area contributed by atoms with Crippen molar-refractivity contribution >= 4 is 39.0 Å². The van der Waals surface area contributed by atoms with E-state index < -0.39 is 16.6 Å². The number of nitro groups is 1. The molecule has 1 amide bonds. The van der Waals surface area contributed by atoms with E-state index in [1.54, 1.807) is 30.3 Å². The van der Waals surface area contributed by atoms with Crippen molar-refractivity contribution in [1.29, 1.82) is 0 Å². The van der Waals surface area contributed by atoms with E-state index in [0.717, 1.165) is 0 Å². The maximum Gasteiger partial charge on any atom is 0.299 e. The molecule has 0 aromatic heterocycles. The Labute approximate surface area is 133 Å². The first-order valence-electron chi connectivity index (χ1n) is 6.36. The van der Waals surface area contributed by atoms with Crippen molar-refractivity contribution < 1.29 is 14.5 Å². The highest BCUT2D eigenvalue weighted by Crippen LogP contribution is 2.32. The minimum Gasteiger partial charge on any atom is -0.300 e. The first-order valence-corrected chi connectivity index (χ1v) is 7.16. The Morgan fingerprint density at radius 3 is 2.64 bits per heavy atom. The number of nitrogens with zero attached hydrogens (tertiary/aromatic N) is 2. The smallest absolute Gasteiger partial charge is 0.299 e. The molecule has 7 heteroatoms. The molecule has 0 N–H and O–H groups in total. The Hall–Kier alpha value is -2.54. The van der Waals surface area contributed by atoms with E-state index in [1.165, 1.54) is 17.0 Å². The molecule has 2 aromatic rings. The molecule has 0 fully saturated rings. The lowest BCUT2D eigenvalue weighted by Crippen LogP contribution is -2.29. The summed E-state index contributed by atoms with van der Waals surface area (Å²) in [6, 6.07) is 11.0. The van der Waals surface area contributed by atoms with Crippen LogP contribution in [0.5, 0.6) is 0 Å². The summed E-state index contributed by atoms with van der Waals surface area (Å²) in [5.41, 5.74) is 1.40. The lowest BCUT2D eigenvalue weighted by molar-refractivity contribution is -0.384. The molecule has 2 aromatic carbocycles. The van der Waals surface area contributed by atoms with Crippen molar-refractivity contribution in [3.8, 4) is 0 Å². The topological polar surface area (TPSA) is 80.5 Å². The standard InChI is InChI=1S/C15H9BrN2O4/c16-10-4-5-13-12(7-10)14(19)15(20)17(13)8-9-2-1-3-11(6-9)18(21)22/h1-7H,8H2. The number of rotatable bonds is 3. The summed E-state index contributed by atoms with van der Waals surface area (Å²) in [4.78, 5) is 35.8. The Balaban J connectivity index is 1.97. The van der Waals surface area contributed by atoms with Crippen LogP contribution in [0.3, 0.4) is 0 Å². The predicted molar refractivity (Wildman–Crippen MR) is 82.8 cm³/mol. The first kappa shape index (κ1) is 14.4. The van der Waals surface area contributed by atoms with E-state index in [1.807, 2.05) is 0 Å². The summed E-state index contributed by atoms with van der Waals surface area (Å²) in [6.45, 7) is 0.112. The number of hydrogen-bond acceptors (Lipinski definition) is 4. The van der Waals surface area contributed by atoms with Gasteiger partial charge in [-0.1, -0.05) is 28.1 Å². The van der Waals surface area contributed by atoms with Gasteiger partial charge in [0.1, 0.15) is 0 Å². The third-order valence-corrected chi connectivity index (χ3v) is 3.89. The zero-order valence-corrected chi connectivity index (χ0v) is 12.7. The SMILES string of the molecule is O=C1C(=O)N(Cc2cccc([N+](=O)[O-])c2)c2ccc(Br)cc21. The minimum absolute atomic E-state index is 0.0495. The van der Waals surface area contributed by atoms with Crippen LogP contribution >= 0.6 is 15.9 Å². The predicted octanol–water partition coefficient (Wildman–Crippen LogP) is 3.09. The molecule has 110 valence electrons. The number of Topliss-reactive ketones (excluding diaryl/α,β-unsaturated/α-hetero) is 1. The van der Waals surface area contributed by atoms with Crippen LogP contribution in [0.1, 0.15) is 15.9 Å². The van der Waals surface area contributed by atoms with Gasteiger partial charge in [0.15, 0.2) is 0 Å². The van der Waals surface area contributed by atoms with Crippen molar-refractivity contribution in [2.24, 2.45) is 0 Å². The Kier molecular flexibility index (Phi) is 3.50. The van der Waals surface area contributed by atoms with Crippen LogP contribution in [0.15, 0.2) is 46.9 Å². The van der Waals surface area contributed by atoms with Gasteiger partial charge in [0.2, 0.25) is 0 Å². The van der Waals surface area contributed by atoms with Gasteiger partial charge >= 0.3 is 0 Å². The number of anilines is 1. The fourth-order valence-corrected chi connectivity index (χ4v) is 2.74. The van der Waals surface area contributed by atoms with E-state index in [4.69, 9.17) is 0 Å². The average Bonchev–Trinajstić information content (AvgIpc) is 2.72. The molecule has 0 spiro atoms. The van der Waals surface area contributed by atoms with Gasteiger partial charge in [0.25, 0.3) is 17.4 Å². The van der Waals surface area contributed by atoms with Crippen molar-refractivity contribution in [1.82, 2.24) is 0 Å². The van der Waals surface area contributed by atoms with E-state index in [0.29, 0.717) is 21.3 Å². The summed E-state index contributed by atoms with van der Waals surface area (Å²) in [5, 5.41) is 10.8. The molecule has 1 heterocycles. The maximum atomic E-state index is 12.1. The third kappa shape index (κ3) is 2.39. The molecule has 6 nitrogen and oxygen atoms in total. The van der Waals surface area contributed by atoms with E-state index >= 15 is 0 Å². The first-order chi connectivity index (χ1) is 10.5. The van der Waals surface area contributed by atoms with Crippen LogP contribution in [0.4, 0.5) is 11.4 Å². The molecular formula is C15H9BrN2O4. The van der Waals surface area contributed by atoms with E-state index in [2.05, 4.69) is 15.9 Å². The Bertz CT molecular complexity index is 819. The molecule has 1 aliphatic heterocycles. The molecule has 0 radical (unpaired) electrons. The average molecular weight is 361 g/mol. The van der Waals surface area contributed by atoms with Crippen LogP contribution in [-0.4, -0.2) is 16.6 Å². The van der Waals surface area contributed by atoms with Crippen LogP contribution in [0.25, 0.3) is 0 Å². The third-order valence-electron chi connectivity index (χ3n) is 3.40. The minimum atomic E-state index is -0.625. The zero-order chi connectivity index (χ0) is 15.9. The van der Waals surface area contributed by atoms with Crippen LogP contribution in [0.2, 0.25) is 0 Å². The van der Waals surface area contributed by atoms with E-state index in [9.17, 15) is 19.7 Å². The van der Waals surface area contributed by atoms with Crippen LogP contribution in [0, 0.1) is 10.1 Å². The number of ketones is 1. The number of carbonyl (C=O) groups is 2. The molecule has 0 bridgehead atoms. The van der Waals surface area contributed by atoms with Gasteiger partial charge in [-0.2, -0.15) is 0 Å². The summed E-state index contributed by atoms with van der Waals surface area (Å²) in [6.07, 6.45) is 0. The summed E-state index contributed by atoms with van der Waals surface area (Å²) >= 11 is 3.27. The second-order valence-electron chi connectivity index (χ2n) is 4.81. The quantitative estimate of drug-likeness (QED) is 0.478. The van der Waals surface area contributed by atoms with Crippen LogP contribution < -0.4 is 4.90 Å². The molecule has 0 saturated carbocycles. The van der Waals surface area contributed by atoms with Crippen LogP contribution in [-0.2, 0) is 11.3 Å². The fourth-order valence-electron chi connectivity index (χ4n) is 2.38. The van der Waals surface area contributed by atoms with Crippen molar-refractivity contribution in [2.45, 2.75) is 6.54 Å². The molecule has 3 rings (SSSR count). The maximum absolute atomic E-state index is 12.1. The number of benzene rings is 2. The van der Waals surface area contributed by atoms with Crippen molar-refractivity contribution in [2.75, 3.05) is 4.90 Å². The number of fused-ring (bicyclic) bond motifs is 1. The number of carbonyl (C=O) groups excluding carboxylic acids is 2. The Morgan fingerprint density at radius 2 is 1.91 bits per heavy atom. The molecule has 0 atom stereocenters. The number of hydrogen-bond donors (Lipinski definition) is 0. The van der Waals surface area contributed by atoms with Gasteiger partial charge in [-0.25, -0.2) is 0 Å². The van der Waals surface area contributed by atoms with Gasteiger partial charge in [-0.05, 0) is 23.8 Å². The molecule has 0 aliphatic carbocycles. The normalized spacial score (nSPS) is 13.4. The monoisotopic (exact) mass is 360 g/mol. The molecule has 0 unspecified atom stereocenters. The second kappa shape index (κ2) is 5.34. The summed E-state index contributed by atoms with van der Waals surface area (Å²) < 4.78 is 0.713.